The number of rotatable bonds is 6. The standard InChI is InChI=1S/C16H24N2O3S/c1-10(2)7-14(9-17)18-22(19,20)16-11(3)8-15(21-6)12(4)13(16)5/h8,10,14,18H,7H2,1-6H3. The topological polar surface area (TPSA) is 79.2 Å². The normalized spacial score (nSPS) is 13.0. The highest BCUT2D eigenvalue weighted by molar-refractivity contribution is 7.89. The number of nitrogens with one attached hydrogen (secondary N) is 1. The van der Waals surface area contributed by atoms with E-state index >= 15 is 0 Å². The van der Waals surface area contributed by atoms with E-state index in [1.165, 1.54) is 0 Å². The molecule has 0 fully saturated rings. The number of nitrogens with zero attached hydrogens (tertiary/aromatic N) is 1. The average Bonchev–Trinajstić information content (AvgIpc) is 2.40. The molecular weight excluding hydrogens is 300 g/mol. The van der Waals surface area contributed by atoms with E-state index in [0.717, 1.165) is 5.56 Å². The van der Waals surface area contributed by atoms with Gasteiger partial charge in [0.05, 0.1) is 18.1 Å². The van der Waals surface area contributed by atoms with Gasteiger partial charge in [-0.3, -0.25) is 0 Å². The van der Waals surface area contributed by atoms with Crippen LogP contribution in [0.25, 0.3) is 0 Å². The lowest BCUT2D eigenvalue weighted by molar-refractivity contribution is 0.410. The number of benzene rings is 1. The van der Waals surface area contributed by atoms with Crippen LogP contribution in [0.4, 0.5) is 0 Å². The van der Waals surface area contributed by atoms with Gasteiger partial charge in [0, 0.05) is 0 Å². The minimum atomic E-state index is -3.75. The predicted molar refractivity (Wildman–Crippen MR) is 86.4 cm³/mol. The highest BCUT2D eigenvalue weighted by atomic mass is 32.2. The fourth-order valence-corrected chi connectivity index (χ4v) is 4.17. The van der Waals surface area contributed by atoms with E-state index in [0.29, 0.717) is 23.3 Å². The van der Waals surface area contributed by atoms with Crippen LogP contribution >= 0.6 is 0 Å². The highest BCUT2D eigenvalue weighted by Gasteiger charge is 2.26. The van der Waals surface area contributed by atoms with Crippen molar-refractivity contribution in [1.82, 2.24) is 4.72 Å². The van der Waals surface area contributed by atoms with Crippen LogP contribution in [0.1, 0.15) is 37.0 Å². The van der Waals surface area contributed by atoms with Crippen LogP contribution in [0, 0.1) is 38.0 Å². The number of nitriles is 1. The van der Waals surface area contributed by atoms with E-state index in [1.54, 1.807) is 27.0 Å². The maximum absolute atomic E-state index is 12.7. The summed E-state index contributed by atoms with van der Waals surface area (Å²) in [7, 11) is -2.20. The lowest BCUT2D eigenvalue weighted by Gasteiger charge is -2.19. The molecule has 0 aliphatic heterocycles. The number of methoxy groups -OCH3 is 1. The van der Waals surface area contributed by atoms with E-state index < -0.39 is 16.1 Å². The summed E-state index contributed by atoms with van der Waals surface area (Å²) in [6, 6.07) is 3.00. The molecule has 1 aromatic rings. The Hall–Kier alpha value is -1.58. The van der Waals surface area contributed by atoms with E-state index in [4.69, 9.17) is 10.00 Å². The first kappa shape index (κ1) is 18.5. The molecule has 0 spiro atoms. The molecule has 0 saturated carbocycles. The number of sulfonamides is 1. The summed E-state index contributed by atoms with van der Waals surface area (Å²) in [5.41, 5.74) is 2.03. The van der Waals surface area contributed by atoms with Gasteiger partial charge in [-0.1, -0.05) is 13.8 Å². The van der Waals surface area contributed by atoms with Gasteiger partial charge in [0.1, 0.15) is 11.8 Å². The number of hydrogen-bond acceptors (Lipinski definition) is 4. The summed E-state index contributed by atoms with van der Waals surface area (Å²) < 4.78 is 33.1. The van der Waals surface area contributed by atoms with Crippen molar-refractivity contribution in [3.63, 3.8) is 0 Å². The summed E-state index contributed by atoms with van der Waals surface area (Å²) in [6.45, 7) is 9.21. The third-order valence-corrected chi connectivity index (χ3v) is 5.39. The maximum Gasteiger partial charge on any atom is 0.242 e. The van der Waals surface area contributed by atoms with Gasteiger partial charge in [-0.2, -0.15) is 9.98 Å². The number of ether oxygens (including phenoxy) is 1. The lowest BCUT2D eigenvalue weighted by atomic mass is 10.1. The second-order valence-corrected chi connectivity index (χ2v) is 7.56. The monoisotopic (exact) mass is 324 g/mol. The van der Waals surface area contributed by atoms with E-state index in [1.807, 2.05) is 26.8 Å². The SMILES string of the molecule is COc1cc(C)c(S(=O)(=O)NC(C#N)CC(C)C)c(C)c1C. The first-order valence-electron chi connectivity index (χ1n) is 7.20. The molecule has 22 heavy (non-hydrogen) atoms. The Balaban J connectivity index is 3.30. The summed E-state index contributed by atoms with van der Waals surface area (Å²) in [4.78, 5) is 0.231. The van der Waals surface area contributed by atoms with Crippen molar-refractivity contribution in [3.8, 4) is 11.8 Å². The van der Waals surface area contributed by atoms with Crippen molar-refractivity contribution < 1.29 is 13.2 Å². The number of aryl methyl sites for hydroxylation is 1. The maximum atomic E-state index is 12.7. The Morgan fingerprint density at radius 2 is 1.86 bits per heavy atom. The zero-order valence-electron chi connectivity index (χ0n) is 14.0. The van der Waals surface area contributed by atoms with Crippen LogP contribution in [-0.2, 0) is 10.0 Å². The lowest BCUT2D eigenvalue weighted by Crippen LogP contribution is -2.35. The van der Waals surface area contributed by atoms with Crippen LogP contribution < -0.4 is 9.46 Å². The predicted octanol–water partition coefficient (Wildman–Crippen LogP) is 2.84. The van der Waals surface area contributed by atoms with Crippen LogP contribution in [-0.4, -0.2) is 21.6 Å². The van der Waals surface area contributed by atoms with E-state index in [-0.39, 0.29) is 10.8 Å². The van der Waals surface area contributed by atoms with Gasteiger partial charge in [0.2, 0.25) is 10.0 Å². The summed E-state index contributed by atoms with van der Waals surface area (Å²) in [6.07, 6.45) is 0.475. The molecule has 122 valence electrons. The summed E-state index contributed by atoms with van der Waals surface area (Å²) >= 11 is 0. The molecule has 0 saturated heterocycles. The Labute approximate surface area is 133 Å². The molecule has 0 aromatic heterocycles. The average molecular weight is 324 g/mol. The Bertz CT molecular complexity index is 688. The fraction of sp³-hybridized carbons (Fsp3) is 0.562. The molecule has 1 atom stereocenters. The molecule has 1 aromatic carbocycles. The second-order valence-electron chi connectivity index (χ2n) is 5.91. The third kappa shape index (κ3) is 3.99. The van der Waals surface area contributed by atoms with Crippen molar-refractivity contribution in [3.05, 3.63) is 22.8 Å². The summed E-state index contributed by atoms with van der Waals surface area (Å²) in [5, 5.41) is 9.16. The zero-order chi connectivity index (χ0) is 17.1. The molecule has 1 unspecified atom stereocenters. The molecule has 5 nitrogen and oxygen atoms in total. The first-order valence-corrected chi connectivity index (χ1v) is 8.69. The molecule has 0 amide bonds. The fourth-order valence-electron chi connectivity index (χ4n) is 2.49. The second kappa shape index (κ2) is 7.12. The van der Waals surface area contributed by atoms with Crippen LogP contribution in [0.15, 0.2) is 11.0 Å². The molecule has 6 heteroatoms. The zero-order valence-corrected chi connectivity index (χ0v) is 14.8. The van der Waals surface area contributed by atoms with Gasteiger partial charge in [0.25, 0.3) is 0 Å². The van der Waals surface area contributed by atoms with Crippen molar-refractivity contribution in [2.75, 3.05) is 7.11 Å². The van der Waals surface area contributed by atoms with E-state index in [2.05, 4.69) is 4.72 Å². The van der Waals surface area contributed by atoms with Gasteiger partial charge in [-0.05, 0) is 55.9 Å². The minimum absolute atomic E-state index is 0.229. The van der Waals surface area contributed by atoms with E-state index in [9.17, 15) is 8.42 Å². The molecule has 1 N–H and O–H groups in total. The Morgan fingerprint density at radius 3 is 2.32 bits per heavy atom. The van der Waals surface area contributed by atoms with Crippen LogP contribution in [0.3, 0.4) is 0 Å². The summed E-state index contributed by atoms with van der Waals surface area (Å²) in [5.74, 6) is 0.889. The van der Waals surface area contributed by atoms with Crippen molar-refractivity contribution in [1.29, 1.82) is 5.26 Å². The van der Waals surface area contributed by atoms with Crippen LogP contribution in [0.2, 0.25) is 0 Å². The highest BCUT2D eigenvalue weighted by Crippen LogP contribution is 2.30. The third-order valence-electron chi connectivity index (χ3n) is 3.63. The first-order chi connectivity index (χ1) is 10.1. The Morgan fingerprint density at radius 1 is 1.27 bits per heavy atom. The van der Waals surface area contributed by atoms with Crippen molar-refractivity contribution in [2.45, 2.75) is 52.0 Å². The van der Waals surface area contributed by atoms with Gasteiger partial charge in [-0.25, -0.2) is 8.42 Å². The van der Waals surface area contributed by atoms with Gasteiger partial charge >= 0.3 is 0 Å². The molecule has 0 bridgehead atoms. The molecule has 0 heterocycles. The van der Waals surface area contributed by atoms with Crippen molar-refractivity contribution >= 4 is 10.0 Å². The molecule has 1 rings (SSSR count). The van der Waals surface area contributed by atoms with Gasteiger partial charge in [0.15, 0.2) is 0 Å². The van der Waals surface area contributed by atoms with Crippen molar-refractivity contribution in [2.24, 2.45) is 5.92 Å². The van der Waals surface area contributed by atoms with Crippen LogP contribution in [0.5, 0.6) is 5.75 Å². The van der Waals surface area contributed by atoms with Gasteiger partial charge < -0.3 is 4.74 Å². The van der Waals surface area contributed by atoms with Gasteiger partial charge in [-0.15, -0.1) is 0 Å². The molecule has 0 aliphatic carbocycles. The minimum Gasteiger partial charge on any atom is -0.496 e. The molecule has 0 radical (unpaired) electrons. The largest absolute Gasteiger partial charge is 0.496 e. The Kier molecular flexibility index (Phi) is 5.98. The molecular formula is C16H24N2O3S. The smallest absolute Gasteiger partial charge is 0.242 e. The molecule has 0 aliphatic rings. The quantitative estimate of drug-likeness (QED) is 0.872. The number of hydrogen-bond donors (Lipinski definition) is 1.